The van der Waals surface area contributed by atoms with E-state index in [9.17, 15) is 4.79 Å². The molecule has 2 aromatic carbocycles. The zero-order chi connectivity index (χ0) is 19.1. The summed E-state index contributed by atoms with van der Waals surface area (Å²) in [5.41, 5.74) is 0. The highest BCUT2D eigenvalue weighted by Crippen LogP contribution is 2.43. The lowest BCUT2D eigenvalue weighted by Crippen LogP contribution is -2.67. The van der Waals surface area contributed by atoms with Gasteiger partial charge in [0.15, 0.2) is 0 Å². The van der Waals surface area contributed by atoms with Crippen LogP contribution in [0.5, 0.6) is 0 Å². The molecule has 0 bridgehead atoms. The Kier molecular flexibility index (Phi) is 4.73. The van der Waals surface area contributed by atoms with E-state index in [4.69, 9.17) is 9.16 Å². The maximum absolute atomic E-state index is 11.6. The van der Waals surface area contributed by atoms with Gasteiger partial charge in [-0.15, -0.1) is 0 Å². The third-order valence-electron chi connectivity index (χ3n) is 6.06. The van der Waals surface area contributed by atoms with Crippen LogP contribution in [0.25, 0.3) is 0 Å². The highest BCUT2D eigenvalue weighted by atomic mass is 28.4. The molecule has 1 aliphatic carbocycles. The summed E-state index contributed by atoms with van der Waals surface area (Å²) in [6, 6.07) is 21.5. The van der Waals surface area contributed by atoms with Gasteiger partial charge in [0, 0.05) is 18.4 Å². The van der Waals surface area contributed by atoms with Gasteiger partial charge in [0.2, 0.25) is 0 Å². The first-order valence-corrected chi connectivity index (χ1v) is 11.8. The third kappa shape index (κ3) is 3.25. The maximum atomic E-state index is 11.6. The average molecular weight is 381 g/mol. The normalized spacial score (nSPS) is 25.3. The Labute approximate surface area is 162 Å². The molecule has 142 valence electrons. The third-order valence-corrected chi connectivity index (χ3v) is 11.2. The predicted molar refractivity (Wildman–Crippen MR) is 110 cm³/mol. The number of benzene rings is 2. The lowest BCUT2D eigenvalue weighted by atomic mass is 10.1. The molecule has 27 heavy (non-hydrogen) atoms. The molecule has 1 aliphatic heterocycles. The minimum atomic E-state index is -2.52. The van der Waals surface area contributed by atoms with Crippen molar-refractivity contribution in [1.29, 1.82) is 0 Å². The van der Waals surface area contributed by atoms with E-state index in [2.05, 4.69) is 81.4 Å². The SMILES string of the molecule is CC(C)(C)[Si](O[C@@H]1C[C@H]2CC(=O)O[C@H]2C1)(c1ccccc1)c1ccccc1. The molecule has 1 heterocycles. The van der Waals surface area contributed by atoms with Gasteiger partial charge < -0.3 is 9.16 Å². The van der Waals surface area contributed by atoms with Crippen molar-refractivity contribution in [3.63, 3.8) is 0 Å². The van der Waals surface area contributed by atoms with Gasteiger partial charge in [0.1, 0.15) is 6.10 Å². The van der Waals surface area contributed by atoms with Gasteiger partial charge in [0.05, 0.1) is 6.42 Å². The van der Waals surface area contributed by atoms with Crippen LogP contribution in [0.4, 0.5) is 0 Å². The molecule has 2 fully saturated rings. The summed E-state index contributed by atoms with van der Waals surface area (Å²) in [6.07, 6.45) is 2.47. The van der Waals surface area contributed by atoms with E-state index < -0.39 is 8.32 Å². The van der Waals surface area contributed by atoms with Crippen LogP contribution < -0.4 is 10.4 Å². The molecule has 0 N–H and O–H groups in total. The highest BCUT2D eigenvalue weighted by Gasteiger charge is 2.54. The quantitative estimate of drug-likeness (QED) is 0.600. The Bertz CT molecular complexity index is 742. The van der Waals surface area contributed by atoms with Crippen LogP contribution >= 0.6 is 0 Å². The summed E-state index contributed by atoms with van der Waals surface area (Å²) in [5, 5.41) is 2.58. The summed E-state index contributed by atoms with van der Waals surface area (Å²) in [7, 11) is -2.52. The summed E-state index contributed by atoms with van der Waals surface area (Å²) in [4.78, 5) is 11.6. The van der Waals surface area contributed by atoms with Gasteiger partial charge >= 0.3 is 5.97 Å². The zero-order valence-electron chi connectivity index (χ0n) is 16.4. The fourth-order valence-corrected chi connectivity index (χ4v) is 9.57. The molecule has 2 aliphatic rings. The fourth-order valence-electron chi connectivity index (χ4n) is 4.86. The molecule has 0 aromatic heterocycles. The van der Waals surface area contributed by atoms with Crippen molar-refractivity contribution in [3.05, 3.63) is 60.7 Å². The van der Waals surface area contributed by atoms with Gasteiger partial charge in [-0.2, -0.15) is 0 Å². The van der Waals surface area contributed by atoms with Gasteiger partial charge in [-0.05, 0) is 21.8 Å². The molecule has 0 radical (unpaired) electrons. The minimum Gasteiger partial charge on any atom is -0.462 e. The van der Waals surface area contributed by atoms with Crippen molar-refractivity contribution in [2.75, 3.05) is 0 Å². The van der Waals surface area contributed by atoms with Crippen LogP contribution in [0.2, 0.25) is 5.04 Å². The second-order valence-electron chi connectivity index (χ2n) is 8.87. The number of esters is 1. The Balaban J connectivity index is 1.75. The molecule has 1 saturated carbocycles. The largest absolute Gasteiger partial charge is 0.462 e. The van der Waals surface area contributed by atoms with Gasteiger partial charge in [0.25, 0.3) is 8.32 Å². The smallest absolute Gasteiger partial charge is 0.306 e. The van der Waals surface area contributed by atoms with Crippen LogP contribution in [0.3, 0.4) is 0 Å². The number of carbonyl (C=O) groups excluding carboxylic acids is 1. The molecule has 0 amide bonds. The second-order valence-corrected chi connectivity index (χ2v) is 13.1. The van der Waals surface area contributed by atoms with Crippen molar-refractivity contribution >= 4 is 24.7 Å². The van der Waals surface area contributed by atoms with E-state index in [0.717, 1.165) is 12.8 Å². The van der Waals surface area contributed by atoms with Crippen molar-refractivity contribution in [2.45, 2.75) is 57.3 Å². The van der Waals surface area contributed by atoms with E-state index >= 15 is 0 Å². The number of carbonyl (C=O) groups is 1. The van der Waals surface area contributed by atoms with Crippen molar-refractivity contribution in [1.82, 2.24) is 0 Å². The number of fused-ring (bicyclic) bond motifs is 1. The molecule has 3 atom stereocenters. The van der Waals surface area contributed by atoms with Crippen molar-refractivity contribution < 1.29 is 14.0 Å². The van der Waals surface area contributed by atoms with Crippen LogP contribution in [-0.2, 0) is 14.0 Å². The van der Waals surface area contributed by atoms with Crippen LogP contribution in [-0.4, -0.2) is 26.5 Å². The first-order valence-electron chi connectivity index (χ1n) is 9.88. The van der Waals surface area contributed by atoms with Crippen molar-refractivity contribution in [3.8, 4) is 0 Å². The average Bonchev–Trinajstić information content (AvgIpc) is 3.16. The van der Waals surface area contributed by atoms with Crippen LogP contribution in [0.15, 0.2) is 60.7 Å². The van der Waals surface area contributed by atoms with E-state index in [1.54, 1.807) is 0 Å². The van der Waals surface area contributed by atoms with Crippen LogP contribution in [0, 0.1) is 5.92 Å². The second kappa shape index (κ2) is 6.92. The zero-order valence-corrected chi connectivity index (χ0v) is 17.4. The maximum Gasteiger partial charge on any atom is 0.306 e. The fraction of sp³-hybridized carbons (Fsp3) is 0.435. The summed E-state index contributed by atoms with van der Waals surface area (Å²) in [6.45, 7) is 6.90. The number of hydrogen-bond acceptors (Lipinski definition) is 3. The monoisotopic (exact) mass is 380 g/mol. The molecule has 2 aromatic rings. The minimum absolute atomic E-state index is 0.0237. The molecule has 4 heteroatoms. The Hall–Kier alpha value is -1.91. The number of hydrogen-bond donors (Lipinski definition) is 0. The molecule has 4 rings (SSSR count). The molecule has 1 saturated heterocycles. The molecular weight excluding hydrogens is 352 g/mol. The van der Waals surface area contributed by atoms with E-state index in [0.29, 0.717) is 12.3 Å². The lowest BCUT2D eigenvalue weighted by Gasteiger charge is -2.44. The summed E-state index contributed by atoms with van der Waals surface area (Å²) < 4.78 is 12.7. The number of ether oxygens (including phenoxy) is 1. The Morgan fingerprint density at radius 1 is 0.926 bits per heavy atom. The topological polar surface area (TPSA) is 35.5 Å². The molecular formula is C23H28O3Si. The Morgan fingerprint density at radius 3 is 1.96 bits per heavy atom. The first-order chi connectivity index (χ1) is 12.9. The van der Waals surface area contributed by atoms with E-state index in [1.165, 1.54) is 10.4 Å². The first kappa shape index (κ1) is 18.5. The van der Waals surface area contributed by atoms with Gasteiger partial charge in [-0.3, -0.25) is 4.79 Å². The molecule has 0 spiro atoms. The highest BCUT2D eigenvalue weighted by molar-refractivity contribution is 6.99. The van der Waals surface area contributed by atoms with Crippen molar-refractivity contribution in [2.24, 2.45) is 5.92 Å². The predicted octanol–water partition coefficient (Wildman–Crippen LogP) is 3.66. The lowest BCUT2D eigenvalue weighted by molar-refractivity contribution is -0.141. The Morgan fingerprint density at radius 2 is 1.48 bits per heavy atom. The summed E-state index contributed by atoms with van der Waals surface area (Å²) >= 11 is 0. The van der Waals surface area contributed by atoms with Crippen LogP contribution in [0.1, 0.15) is 40.0 Å². The standard InChI is InChI=1S/C23H28O3Si/c1-23(2,3)27(19-10-6-4-7-11-19,20-12-8-5-9-13-20)26-18-14-17-15-22(24)25-21(17)16-18/h4-13,17-18,21H,14-16H2,1-3H3/t17-,18+,21-/m0/s1. The van der Waals surface area contributed by atoms with Gasteiger partial charge in [-0.1, -0.05) is 81.4 Å². The molecule has 3 nitrogen and oxygen atoms in total. The molecule has 0 unspecified atom stereocenters. The van der Waals surface area contributed by atoms with E-state index in [-0.39, 0.29) is 23.2 Å². The summed E-state index contributed by atoms with van der Waals surface area (Å²) in [5.74, 6) is 0.273. The van der Waals surface area contributed by atoms with Gasteiger partial charge in [-0.25, -0.2) is 0 Å². The van der Waals surface area contributed by atoms with E-state index in [1.807, 2.05) is 0 Å². The number of rotatable bonds is 4.